The summed E-state index contributed by atoms with van der Waals surface area (Å²) in [5.74, 6) is 0.531. The number of sulfone groups is 1. The Morgan fingerprint density at radius 3 is 2.46 bits per heavy atom. The van der Waals surface area contributed by atoms with Crippen molar-refractivity contribution in [1.82, 2.24) is 10.6 Å². The third-order valence-electron chi connectivity index (χ3n) is 4.37. The lowest BCUT2D eigenvalue weighted by atomic mass is 9.81. The number of ether oxygens (including phenoxy) is 1. The van der Waals surface area contributed by atoms with E-state index in [-0.39, 0.29) is 29.2 Å². The monoisotopic (exact) mass is 354 g/mol. The van der Waals surface area contributed by atoms with E-state index in [0.717, 1.165) is 32.2 Å². The molecular weight excluding hydrogens is 328 g/mol. The van der Waals surface area contributed by atoms with Gasteiger partial charge < -0.3 is 15.4 Å². The minimum absolute atomic E-state index is 0.0255. The molecule has 1 amide bonds. The van der Waals surface area contributed by atoms with E-state index in [1.165, 1.54) is 12.1 Å². The summed E-state index contributed by atoms with van der Waals surface area (Å²) in [7, 11) is -3.20. The molecule has 1 saturated heterocycles. The first-order chi connectivity index (χ1) is 11.3. The van der Waals surface area contributed by atoms with Crippen molar-refractivity contribution >= 4 is 15.7 Å². The average molecular weight is 354 g/mol. The largest absolute Gasteiger partial charge is 0.493 e. The van der Waals surface area contributed by atoms with Crippen LogP contribution < -0.4 is 15.4 Å². The van der Waals surface area contributed by atoms with Gasteiger partial charge in [-0.05, 0) is 55.6 Å². The molecule has 24 heavy (non-hydrogen) atoms. The van der Waals surface area contributed by atoms with Gasteiger partial charge in [-0.3, -0.25) is 4.79 Å². The Morgan fingerprint density at radius 2 is 1.88 bits per heavy atom. The number of rotatable bonds is 7. The van der Waals surface area contributed by atoms with Crippen LogP contribution in [0.5, 0.6) is 5.75 Å². The van der Waals surface area contributed by atoms with Crippen LogP contribution >= 0.6 is 0 Å². The highest BCUT2D eigenvalue weighted by Crippen LogP contribution is 2.26. The summed E-state index contributed by atoms with van der Waals surface area (Å²) >= 11 is 0. The Balaban J connectivity index is 1.70. The molecule has 6 nitrogen and oxygen atoms in total. The standard InChI is InChI=1S/C17H26N2O4S/c1-17(8-10-18-11-9-17)13-19-16(20)7-12-23-14-3-5-15(6-4-14)24(2,21)22/h3-6,18H,7-13H2,1-2H3,(H,19,20). The maximum atomic E-state index is 11.9. The second kappa shape index (κ2) is 7.98. The first-order valence-corrected chi connectivity index (χ1v) is 10.1. The van der Waals surface area contributed by atoms with Gasteiger partial charge in [0.2, 0.25) is 5.91 Å². The molecule has 1 heterocycles. The zero-order chi connectivity index (χ0) is 17.6. The van der Waals surface area contributed by atoms with Crippen molar-refractivity contribution in [3.05, 3.63) is 24.3 Å². The van der Waals surface area contributed by atoms with Gasteiger partial charge in [-0.15, -0.1) is 0 Å². The van der Waals surface area contributed by atoms with Crippen molar-refractivity contribution in [2.24, 2.45) is 5.41 Å². The lowest BCUT2D eigenvalue weighted by molar-refractivity contribution is -0.122. The van der Waals surface area contributed by atoms with Gasteiger partial charge in [-0.2, -0.15) is 0 Å². The fraction of sp³-hybridized carbons (Fsp3) is 0.588. The number of hydrogen-bond acceptors (Lipinski definition) is 5. The summed E-state index contributed by atoms with van der Waals surface area (Å²) in [6.45, 7) is 5.16. The Hall–Kier alpha value is -1.60. The van der Waals surface area contributed by atoms with Gasteiger partial charge >= 0.3 is 0 Å². The van der Waals surface area contributed by atoms with Crippen LogP contribution in [0.15, 0.2) is 29.2 Å². The molecule has 1 aromatic carbocycles. The maximum absolute atomic E-state index is 11.9. The van der Waals surface area contributed by atoms with E-state index >= 15 is 0 Å². The van der Waals surface area contributed by atoms with Crippen molar-refractivity contribution in [1.29, 1.82) is 0 Å². The highest BCUT2D eigenvalue weighted by Gasteiger charge is 2.26. The van der Waals surface area contributed by atoms with Crippen molar-refractivity contribution in [3.8, 4) is 5.75 Å². The van der Waals surface area contributed by atoms with Crippen LogP contribution in [0.25, 0.3) is 0 Å². The quantitative estimate of drug-likeness (QED) is 0.772. The van der Waals surface area contributed by atoms with Crippen LogP contribution in [0.3, 0.4) is 0 Å². The molecule has 0 radical (unpaired) electrons. The van der Waals surface area contributed by atoms with Crippen molar-refractivity contribution < 1.29 is 17.9 Å². The molecular formula is C17H26N2O4S. The lowest BCUT2D eigenvalue weighted by Crippen LogP contribution is -2.43. The van der Waals surface area contributed by atoms with Gasteiger partial charge in [0.15, 0.2) is 9.84 Å². The third kappa shape index (κ3) is 5.79. The number of nitrogens with one attached hydrogen (secondary N) is 2. The average Bonchev–Trinajstić information content (AvgIpc) is 2.53. The van der Waals surface area contributed by atoms with Crippen molar-refractivity contribution in [3.63, 3.8) is 0 Å². The summed E-state index contributed by atoms with van der Waals surface area (Å²) in [5, 5.41) is 6.30. The van der Waals surface area contributed by atoms with Gasteiger partial charge in [0.1, 0.15) is 5.75 Å². The van der Waals surface area contributed by atoms with E-state index < -0.39 is 9.84 Å². The third-order valence-corrected chi connectivity index (χ3v) is 5.50. The topological polar surface area (TPSA) is 84.5 Å². The van der Waals surface area contributed by atoms with Crippen molar-refractivity contribution in [2.75, 3.05) is 32.5 Å². The minimum Gasteiger partial charge on any atom is -0.493 e. The molecule has 1 aliphatic rings. The van der Waals surface area contributed by atoms with E-state index in [4.69, 9.17) is 4.74 Å². The Morgan fingerprint density at radius 1 is 1.25 bits per heavy atom. The summed E-state index contributed by atoms with van der Waals surface area (Å²) in [4.78, 5) is 12.2. The summed E-state index contributed by atoms with van der Waals surface area (Å²) < 4.78 is 28.3. The summed E-state index contributed by atoms with van der Waals surface area (Å²) in [6.07, 6.45) is 3.57. The Labute approximate surface area is 143 Å². The fourth-order valence-corrected chi connectivity index (χ4v) is 3.28. The highest BCUT2D eigenvalue weighted by atomic mass is 32.2. The van der Waals surface area contributed by atoms with E-state index in [9.17, 15) is 13.2 Å². The van der Waals surface area contributed by atoms with E-state index in [1.807, 2.05) is 0 Å². The molecule has 0 unspecified atom stereocenters. The molecule has 1 aliphatic heterocycles. The first kappa shape index (κ1) is 18.7. The molecule has 0 spiro atoms. The van der Waals surface area contributed by atoms with Gasteiger partial charge in [-0.1, -0.05) is 6.92 Å². The molecule has 0 aliphatic carbocycles. The maximum Gasteiger partial charge on any atom is 0.223 e. The molecule has 1 fully saturated rings. The first-order valence-electron chi connectivity index (χ1n) is 8.19. The number of benzene rings is 1. The smallest absolute Gasteiger partial charge is 0.223 e. The predicted molar refractivity (Wildman–Crippen MR) is 92.9 cm³/mol. The molecule has 0 atom stereocenters. The van der Waals surface area contributed by atoms with Crippen LogP contribution in [-0.2, 0) is 14.6 Å². The number of piperidine rings is 1. The van der Waals surface area contributed by atoms with Crippen LogP contribution in [0.1, 0.15) is 26.2 Å². The van der Waals surface area contributed by atoms with E-state index in [1.54, 1.807) is 12.1 Å². The molecule has 7 heteroatoms. The van der Waals surface area contributed by atoms with Crippen molar-refractivity contribution in [2.45, 2.75) is 31.1 Å². The number of amides is 1. The zero-order valence-corrected chi connectivity index (χ0v) is 15.1. The minimum atomic E-state index is -3.20. The van der Waals surface area contributed by atoms with Gasteiger partial charge in [0.25, 0.3) is 0 Å². The van der Waals surface area contributed by atoms with Crippen LogP contribution in [0.2, 0.25) is 0 Å². The van der Waals surface area contributed by atoms with Gasteiger partial charge in [0, 0.05) is 12.8 Å². The second-order valence-electron chi connectivity index (χ2n) is 6.68. The zero-order valence-electron chi connectivity index (χ0n) is 14.3. The predicted octanol–water partition coefficient (Wildman–Crippen LogP) is 1.36. The summed E-state index contributed by atoms with van der Waals surface area (Å²) in [5.41, 5.74) is 0.170. The van der Waals surface area contributed by atoms with Crippen LogP contribution in [0.4, 0.5) is 0 Å². The molecule has 0 saturated carbocycles. The number of carbonyl (C=O) groups is 1. The van der Waals surface area contributed by atoms with E-state index in [0.29, 0.717) is 12.3 Å². The lowest BCUT2D eigenvalue weighted by Gasteiger charge is -2.34. The molecule has 1 aromatic rings. The molecule has 0 aromatic heterocycles. The molecule has 134 valence electrons. The number of carbonyl (C=O) groups excluding carboxylic acids is 1. The molecule has 0 bridgehead atoms. The van der Waals surface area contributed by atoms with Gasteiger partial charge in [-0.25, -0.2) is 8.42 Å². The van der Waals surface area contributed by atoms with Gasteiger partial charge in [0.05, 0.1) is 17.9 Å². The Kier molecular flexibility index (Phi) is 6.23. The summed E-state index contributed by atoms with van der Waals surface area (Å²) in [6, 6.07) is 6.21. The fourth-order valence-electron chi connectivity index (χ4n) is 2.65. The second-order valence-corrected chi connectivity index (χ2v) is 8.70. The van der Waals surface area contributed by atoms with Crippen LogP contribution in [-0.4, -0.2) is 46.8 Å². The molecule has 2 rings (SSSR count). The Bertz CT molecular complexity index is 650. The normalized spacial score (nSPS) is 17.2. The molecule has 2 N–H and O–H groups in total. The number of hydrogen-bond donors (Lipinski definition) is 2. The van der Waals surface area contributed by atoms with E-state index in [2.05, 4.69) is 17.6 Å². The van der Waals surface area contributed by atoms with Crippen LogP contribution in [0, 0.1) is 5.41 Å². The highest BCUT2D eigenvalue weighted by molar-refractivity contribution is 7.90. The SMILES string of the molecule is CC1(CNC(=O)CCOc2ccc(S(C)(=O)=O)cc2)CCNCC1.